The fourth-order valence-corrected chi connectivity index (χ4v) is 2.74. The molecule has 0 spiro atoms. The fraction of sp³-hybridized carbons (Fsp3) is 0.150. The van der Waals surface area contributed by atoms with Gasteiger partial charge in [0.05, 0.1) is 18.5 Å². The van der Waals surface area contributed by atoms with E-state index in [0.29, 0.717) is 34.3 Å². The van der Waals surface area contributed by atoms with Gasteiger partial charge >= 0.3 is 0 Å². The monoisotopic (exact) mass is 398 g/mol. The Morgan fingerprint density at radius 1 is 1.21 bits per heavy atom. The summed E-state index contributed by atoms with van der Waals surface area (Å²) in [6.45, 7) is 2.19. The minimum atomic E-state index is -0.390. The molecule has 0 atom stereocenters. The Bertz CT molecular complexity index is 1050. The average Bonchev–Trinajstić information content (AvgIpc) is 2.71. The number of ether oxygens (including phenoxy) is 1. The van der Waals surface area contributed by atoms with E-state index in [1.54, 1.807) is 55.6 Å². The van der Waals surface area contributed by atoms with E-state index < -0.39 is 5.56 Å². The standard InChI is InChI=1S/C20H19ClN4O3/c1-3-28-17-12-23-25(16-9-7-14(21)8-10-16)20(27)18(17)24-15-6-4-5-13(11-15)19(26)22-2/h4-12,24H,3H2,1-2H3,(H,22,26). The van der Waals surface area contributed by atoms with Crippen molar-refractivity contribution in [2.24, 2.45) is 0 Å². The zero-order valence-corrected chi connectivity index (χ0v) is 16.2. The number of halogens is 1. The van der Waals surface area contributed by atoms with Gasteiger partial charge < -0.3 is 15.4 Å². The molecule has 0 bridgehead atoms. The third-order valence-electron chi connectivity index (χ3n) is 3.94. The van der Waals surface area contributed by atoms with Crippen LogP contribution in [-0.4, -0.2) is 29.3 Å². The number of hydrogen-bond acceptors (Lipinski definition) is 5. The highest BCUT2D eigenvalue weighted by Crippen LogP contribution is 2.24. The van der Waals surface area contributed by atoms with Gasteiger partial charge in [-0.2, -0.15) is 9.78 Å². The van der Waals surface area contributed by atoms with E-state index in [1.807, 2.05) is 6.92 Å². The minimum absolute atomic E-state index is 0.220. The summed E-state index contributed by atoms with van der Waals surface area (Å²) in [5.74, 6) is 0.102. The van der Waals surface area contributed by atoms with Gasteiger partial charge in [0.1, 0.15) is 0 Å². The van der Waals surface area contributed by atoms with Gasteiger partial charge in [0.15, 0.2) is 11.4 Å². The summed E-state index contributed by atoms with van der Waals surface area (Å²) in [6, 6.07) is 13.6. The topological polar surface area (TPSA) is 85.2 Å². The molecule has 2 N–H and O–H groups in total. The van der Waals surface area contributed by atoms with Gasteiger partial charge in [-0.15, -0.1) is 0 Å². The lowest BCUT2D eigenvalue weighted by Crippen LogP contribution is -2.24. The van der Waals surface area contributed by atoms with Crippen molar-refractivity contribution < 1.29 is 9.53 Å². The van der Waals surface area contributed by atoms with Crippen LogP contribution in [0.15, 0.2) is 59.5 Å². The number of nitrogens with zero attached hydrogens (tertiary/aromatic N) is 2. The Morgan fingerprint density at radius 3 is 2.64 bits per heavy atom. The summed E-state index contributed by atoms with van der Waals surface area (Å²) in [6.07, 6.45) is 1.48. The number of amides is 1. The molecule has 28 heavy (non-hydrogen) atoms. The van der Waals surface area contributed by atoms with Gasteiger partial charge in [0, 0.05) is 23.3 Å². The SMILES string of the molecule is CCOc1cnn(-c2ccc(Cl)cc2)c(=O)c1Nc1cccc(C(=O)NC)c1. The average molecular weight is 399 g/mol. The second-order valence-electron chi connectivity index (χ2n) is 5.80. The highest BCUT2D eigenvalue weighted by atomic mass is 35.5. The van der Waals surface area contributed by atoms with Crippen LogP contribution < -0.4 is 20.9 Å². The molecule has 0 aliphatic carbocycles. The maximum atomic E-state index is 13.1. The molecule has 8 heteroatoms. The van der Waals surface area contributed by atoms with E-state index in [1.165, 1.54) is 10.9 Å². The Labute approximate surface area is 166 Å². The van der Waals surface area contributed by atoms with Crippen molar-refractivity contribution in [2.45, 2.75) is 6.92 Å². The van der Waals surface area contributed by atoms with Crippen LogP contribution in [-0.2, 0) is 0 Å². The molecule has 3 rings (SSSR count). The summed E-state index contributed by atoms with van der Waals surface area (Å²) in [5, 5.41) is 10.4. The van der Waals surface area contributed by atoms with E-state index >= 15 is 0 Å². The molecule has 1 heterocycles. The van der Waals surface area contributed by atoms with Crippen molar-refractivity contribution in [3.8, 4) is 11.4 Å². The highest BCUT2D eigenvalue weighted by molar-refractivity contribution is 6.30. The Morgan fingerprint density at radius 2 is 1.96 bits per heavy atom. The third kappa shape index (κ3) is 4.15. The summed E-state index contributed by atoms with van der Waals surface area (Å²) < 4.78 is 6.81. The highest BCUT2D eigenvalue weighted by Gasteiger charge is 2.15. The molecule has 0 radical (unpaired) electrons. The van der Waals surface area contributed by atoms with Crippen LogP contribution >= 0.6 is 11.6 Å². The lowest BCUT2D eigenvalue weighted by molar-refractivity contribution is 0.0963. The summed E-state index contributed by atoms with van der Waals surface area (Å²) in [4.78, 5) is 24.9. The van der Waals surface area contributed by atoms with Crippen LogP contribution in [0, 0.1) is 0 Å². The van der Waals surface area contributed by atoms with E-state index in [4.69, 9.17) is 16.3 Å². The largest absolute Gasteiger partial charge is 0.490 e. The van der Waals surface area contributed by atoms with Crippen molar-refractivity contribution in [3.05, 3.63) is 75.7 Å². The van der Waals surface area contributed by atoms with Crippen LogP contribution in [0.25, 0.3) is 5.69 Å². The normalized spacial score (nSPS) is 10.4. The molecular formula is C20H19ClN4O3. The maximum Gasteiger partial charge on any atom is 0.299 e. The van der Waals surface area contributed by atoms with Gasteiger partial charge in [-0.25, -0.2) is 0 Å². The van der Waals surface area contributed by atoms with Crippen LogP contribution in [0.1, 0.15) is 17.3 Å². The molecule has 0 fully saturated rings. The zero-order valence-electron chi connectivity index (χ0n) is 15.4. The predicted molar refractivity (Wildman–Crippen MR) is 109 cm³/mol. The Kier molecular flexibility index (Phi) is 5.96. The first-order valence-electron chi connectivity index (χ1n) is 8.63. The second kappa shape index (κ2) is 8.58. The zero-order chi connectivity index (χ0) is 20.1. The van der Waals surface area contributed by atoms with Crippen LogP contribution in [0.2, 0.25) is 5.02 Å². The molecule has 2 aromatic carbocycles. The second-order valence-corrected chi connectivity index (χ2v) is 6.23. The molecule has 0 aliphatic rings. The van der Waals surface area contributed by atoms with Crippen molar-refractivity contribution in [1.29, 1.82) is 0 Å². The molecule has 0 aliphatic heterocycles. The first kappa shape index (κ1) is 19.4. The molecule has 0 unspecified atom stereocenters. The van der Waals surface area contributed by atoms with Gasteiger partial charge in [-0.1, -0.05) is 17.7 Å². The van der Waals surface area contributed by atoms with E-state index in [0.717, 1.165) is 0 Å². The van der Waals surface area contributed by atoms with Crippen LogP contribution in [0.4, 0.5) is 11.4 Å². The number of carbonyl (C=O) groups excluding carboxylic acids is 1. The van der Waals surface area contributed by atoms with Crippen molar-refractivity contribution >= 4 is 28.9 Å². The van der Waals surface area contributed by atoms with E-state index in [9.17, 15) is 9.59 Å². The van der Waals surface area contributed by atoms with Crippen molar-refractivity contribution in [2.75, 3.05) is 19.0 Å². The van der Waals surface area contributed by atoms with Crippen molar-refractivity contribution in [3.63, 3.8) is 0 Å². The smallest absolute Gasteiger partial charge is 0.299 e. The molecule has 0 saturated heterocycles. The molecule has 1 aromatic heterocycles. The number of anilines is 2. The van der Waals surface area contributed by atoms with Crippen LogP contribution in [0.5, 0.6) is 5.75 Å². The van der Waals surface area contributed by atoms with Crippen LogP contribution in [0.3, 0.4) is 0 Å². The third-order valence-corrected chi connectivity index (χ3v) is 4.19. The maximum absolute atomic E-state index is 13.1. The van der Waals surface area contributed by atoms with Gasteiger partial charge in [-0.3, -0.25) is 9.59 Å². The first-order chi connectivity index (χ1) is 13.5. The Hall–Kier alpha value is -3.32. The fourth-order valence-electron chi connectivity index (χ4n) is 2.61. The minimum Gasteiger partial charge on any atom is -0.490 e. The molecule has 144 valence electrons. The molecular weight excluding hydrogens is 380 g/mol. The van der Waals surface area contributed by atoms with E-state index in [2.05, 4.69) is 15.7 Å². The number of aromatic nitrogens is 2. The van der Waals surface area contributed by atoms with Crippen molar-refractivity contribution in [1.82, 2.24) is 15.1 Å². The summed E-state index contributed by atoms with van der Waals surface area (Å²) in [7, 11) is 1.56. The number of carbonyl (C=O) groups is 1. The molecule has 7 nitrogen and oxygen atoms in total. The van der Waals surface area contributed by atoms with Gasteiger partial charge in [0.25, 0.3) is 11.5 Å². The molecule has 0 saturated carbocycles. The lowest BCUT2D eigenvalue weighted by Gasteiger charge is -2.14. The summed E-state index contributed by atoms with van der Waals surface area (Å²) in [5.41, 5.74) is 1.45. The van der Waals surface area contributed by atoms with Gasteiger partial charge in [0.2, 0.25) is 0 Å². The quantitative estimate of drug-likeness (QED) is 0.664. The van der Waals surface area contributed by atoms with E-state index in [-0.39, 0.29) is 11.6 Å². The predicted octanol–water partition coefficient (Wildman–Crippen LogP) is 3.39. The lowest BCUT2D eigenvalue weighted by atomic mass is 10.2. The molecule has 3 aromatic rings. The number of hydrogen-bond donors (Lipinski definition) is 2. The number of benzene rings is 2. The molecule has 1 amide bonds. The summed E-state index contributed by atoms with van der Waals surface area (Å²) >= 11 is 5.92. The van der Waals surface area contributed by atoms with Gasteiger partial charge in [-0.05, 0) is 49.4 Å². The Balaban J connectivity index is 2.05. The first-order valence-corrected chi connectivity index (χ1v) is 9.01. The number of nitrogens with one attached hydrogen (secondary N) is 2. The number of rotatable bonds is 6.